The van der Waals surface area contributed by atoms with Crippen LogP contribution in [0.2, 0.25) is 0 Å². The SMILES string of the molecule is CC(C)(C)c1cc(Oc2[c-]c3c(cc2)c2ccccc2n3-c2cc(-c3cc(C(C)(C)C)cc(C(C)(C)C)c3)c(C(C)(C)C)cn2)[c-]c(N2C=CN(c3cc(C(C)(C)C)cc(C(C)(C)C)c3)[CH-]2)c1.[Pt]. The third-order valence-corrected chi connectivity index (χ3v) is 13.2. The molecule has 3 heterocycles. The quantitative estimate of drug-likeness (QED) is 0.155. The number of para-hydroxylation sites is 1. The van der Waals surface area contributed by atoms with E-state index in [9.17, 15) is 0 Å². The van der Waals surface area contributed by atoms with Crippen LogP contribution in [0.25, 0.3) is 38.8 Å². The van der Waals surface area contributed by atoms with Gasteiger partial charge in [0.1, 0.15) is 5.82 Å². The molecule has 2 aromatic heterocycles. The molecule has 0 N–H and O–H groups in total. The molecule has 0 aliphatic carbocycles. The normalized spacial score (nSPS) is 14.0. The van der Waals surface area contributed by atoms with Crippen molar-refractivity contribution in [2.45, 2.75) is 157 Å². The first-order valence-corrected chi connectivity index (χ1v) is 24.1. The van der Waals surface area contributed by atoms with Crippen LogP contribution < -0.4 is 14.5 Å². The van der Waals surface area contributed by atoms with Gasteiger partial charge in [-0.05, 0) is 113 Å². The molecule has 0 saturated carbocycles. The second-order valence-electron chi connectivity index (χ2n) is 25.0. The van der Waals surface area contributed by atoms with Gasteiger partial charge in [-0.2, -0.15) is 6.07 Å². The van der Waals surface area contributed by atoms with Gasteiger partial charge in [-0.25, -0.2) is 4.98 Å². The van der Waals surface area contributed by atoms with Crippen LogP contribution in [0.1, 0.15) is 158 Å². The summed E-state index contributed by atoms with van der Waals surface area (Å²) in [4.78, 5) is 9.61. The van der Waals surface area contributed by atoms with E-state index in [4.69, 9.17) is 9.72 Å². The van der Waals surface area contributed by atoms with Gasteiger partial charge in [0.25, 0.3) is 0 Å². The molecule has 8 rings (SSSR count). The Morgan fingerprint density at radius 3 is 1.59 bits per heavy atom. The van der Waals surface area contributed by atoms with E-state index in [1.54, 1.807) is 0 Å². The molecule has 1 aliphatic rings. The van der Waals surface area contributed by atoms with Gasteiger partial charge in [0.2, 0.25) is 0 Å². The van der Waals surface area contributed by atoms with Crippen LogP contribution in [-0.2, 0) is 53.6 Å². The summed E-state index contributed by atoms with van der Waals surface area (Å²) in [5.74, 6) is 2.09. The fourth-order valence-electron chi connectivity index (χ4n) is 8.77. The number of pyridine rings is 1. The van der Waals surface area contributed by atoms with Crippen LogP contribution in [-0.4, -0.2) is 9.55 Å². The number of ether oxygens (including phenoxy) is 1. The number of nitrogens with zero attached hydrogens (tertiary/aromatic N) is 4. The number of hydrogen-bond acceptors (Lipinski definition) is 4. The third-order valence-electron chi connectivity index (χ3n) is 13.2. The van der Waals surface area contributed by atoms with Crippen molar-refractivity contribution in [3.63, 3.8) is 0 Å². The molecule has 0 amide bonds. The standard InChI is InChI=1S/C62H73N4O.Pt/c1-57(2,3)41-27-40(28-42(29-41)58(4,5)6)52-37-56(63-38-53(52)62(16,17)18)66-54-22-20-19-21-50(54)51-24-23-48(36-55(51)66)67-49-34-45(61(13,14)15)33-47(35-49)65-26-25-64(39-65)46-31-43(59(7,8)9)30-44(32-46)60(10,11)12;/h19-34,37-39H,1-18H3;/q-3;. The first kappa shape index (κ1) is 50.7. The number of fused-ring (bicyclic) bond motifs is 3. The number of hydrogen-bond donors (Lipinski definition) is 0. The molecule has 7 aromatic rings. The average Bonchev–Trinajstić information content (AvgIpc) is 3.85. The predicted molar refractivity (Wildman–Crippen MR) is 285 cm³/mol. The fraction of sp³-hybridized carbons (Fsp3) is 0.387. The zero-order valence-corrected chi connectivity index (χ0v) is 46.3. The number of aromatic nitrogens is 2. The Balaban J connectivity index is 0.00000684. The molecule has 5 aromatic carbocycles. The van der Waals surface area contributed by atoms with Gasteiger partial charge >= 0.3 is 0 Å². The fourth-order valence-corrected chi connectivity index (χ4v) is 8.77. The first-order valence-electron chi connectivity index (χ1n) is 24.1. The maximum atomic E-state index is 6.85. The molecule has 0 spiro atoms. The Hall–Kier alpha value is -5.12. The van der Waals surface area contributed by atoms with Crippen molar-refractivity contribution < 1.29 is 25.8 Å². The van der Waals surface area contributed by atoms with E-state index in [0.717, 1.165) is 44.6 Å². The van der Waals surface area contributed by atoms with E-state index in [0.29, 0.717) is 11.5 Å². The van der Waals surface area contributed by atoms with Gasteiger partial charge < -0.3 is 19.1 Å². The monoisotopic (exact) mass is 1080 g/mol. The number of benzene rings is 5. The molecule has 0 atom stereocenters. The molecule has 68 heavy (non-hydrogen) atoms. The summed E-state index contributed by atoms with van der Waals surface area (Å²) >= 11 is 0. The molecule has 0 bridgehead atoms. The molecule has 6 heteroatoms. The van der Waals surface area contributed by atoms with Crippen molar-refractivity contribution in [3.05, 3.63) is 162 Å². The molecular weight excluding hydrogens is 1010 g/mol. The van der Waals surface area contributed by atoms with Gasteiger partial charge in [0.05, 0.1) is 0 Å². The van der Waals surface area contributed by atoms with E-state index in [1.807, 2.05) is 6.07 Å². The maximum absolute atomic E-state index is 6.85. The Morgan fingerprint density at radius 2 is 1.03 bits per heavy atom. The summed E-state index contributed by atoms with van der Waals surface area (Å²) in [7, 11) is 0. The Labute approximate surface area is 423 Å². The second kappa shape index (κ2) is 17.7. The Kier molecular flexibility index (Phi) is 13.2. The Bertz CT molecular complexity index is 2970. The van der Waals surface area contributed by atoms with Crippen molar-refractivity contribution >= 4 is 33.2 Å². The van der Waals surface area contributed by atoms with Crippen molar-refractivity contribution in [2.75, 3.05) is 9.80 Å². The van der Waals surface area contributed by atoms with Gasteiger partial charge in [-0.1, -0.05) is 173 Å². The minimum absolute atomic E-state index is 0. The first-order chi connectivity index (χ1) is 30.9. The Morgan fingerprint density at radius 1 is 0.500 bits per heavy atom. The molecule has 5 nitrogen and oxygen atoms in total. The summed E-state index contributed by atoms with van der Waals surface area (Å²) in [6.45, 7) is 43.2. The van der Waals surface area contributed by atoms with Gasteiger partial charge in [-0.3, -0.25) is 0 Å². The minimum Gasteiger partial charge on any atom is -0.509 e. The molecule has 0 unspecified atom stereocenters. The van der Waals surface area contributed by atoms with Crippen LogP contribution in [0.4, 0.5) is 11.4 Å². The van der Waals surface area contributed by atoms with E-state index in [-0.39, 0.29) is 53.6 Å². The zero-order chi connectivity index (χ0) is 48.8. The largest absolute Gasteiger partial charge is 0.509 e. The van der Waals surface area contributed by atoms with Crippen LogP contribution in [0.3, 0.4) is 0 Å². The summed E-state index contributed by atoms with van der Waals surface area (Å²) in [6.07, 6.45) is 6.33. The van der Waals surface area contributed by atoms with Gasteiger partial charge in [0.15, 0.2) is 0 Å². The summed E-state index contributed by atoms with van der Waals surface area (Å²) in [6, 6.07) is 41.0. The van der Waals surface area contributed by atoms with Crippen LogP contribution in [0, 0.1) is 18.8 Å². The number of rotatable bonds is 6. The summed E-state index contributed by atoms with van der Waals surface area (Å²) in [5.41, 5.74) is 13.8. The van der Waals surface area contributed by atoms with Gasteiger partial charge in [-0.15, -0.1) is 53.6 Å². The molecule has 0 saturated heterocycles. The predicted octanol–water partition coefficient (Wildman–Crippen LogP) is 16.9. The topological polar surface area (TPSA) is 33.5 Å². The van der Waals surface area contributed by atoms with Crippen molar-refractivity contribution in [1.82, 2.24) is 9.55 Å². The number of anilines is 2. The smallest absolute Gasteiger partial charge is 0.136 e. The molecule has 1 aliphatic heterocycles. The van der Waals surface area contributed by atoms with E-state index < -0.39 is 0 Å². The van der Waals surface area contributed by atoms with Crippen LogP contribution >= 0.6 is 0 Å². The summed E-state index contributed by atoms with van der Waals surface area (Å²) in [5, 5.41) is 2.23. The van der Waals surface area contributed by atoms with E-state index >= 15 is 0 Å². The van der Waals surface area contributed by atoms with Crippen molar-refractivity contribution in [2.24, 2.45) is 0 Å². The molecule has 360 valence electrons. The van der Waals surface area contributed by atoms with E-state index in [1.165, 1.54) is 38.9 Å². The summed E-state index contributed by atoms with van der Waals surface area (Å²) < 4.78 is 9.11. The van der Waals surface area contributed by atoms with E-state index in [2.05, 4.69) is 261 Å². The van der Waals surface area contributed by atoms with Crippen LogP contribution in [0.15, 0.2) is 110 Å². The molecule has 0 fully saturated rings. The zero-order valence-electron chi connectivity index (χ0n) is 44.0. The maximum Gasteiger partial charge on any atom is 0.136 e. The van der Waals surface area contributed by atoms with Crippen LogP contribution in [0.5, 0.6) is 11.5 Å². The molecule has 0 radical (unpaired) electrons. The second-order valence-corrected chi connectivity index (χ2v) is 25.0. The minimum atomic E-state index is -0.142. The van der Waals surface area contributed by atoms with Crippen molar-refractivity contribution in [1.29, 1.82) is 0 Å². The molecular formula is C62H73N4OPt-3. The van der Waals surface area contributed by atoms with Crippen molar-refractivity contribution in [3.8, 4) is 28.4 Å². The van der Waals surface area contributed by atoms with Gasteiger partial charge in [0, 0.05) is 50.0 Å². The third kappa shape index (κ3) is 10.4. The average molecular weight is 1090 g/mol.